The number of aliphatic hydroxyl groups excluding tert-OH is 3. The van der Waals surface area contributed by atoms with Gasteiger partial charge in [0.25, 0.3) is 0 Å². The zero-order chi connectivity index (χ0) is 16.6. The SMILES string of the molecule is C[C@H]1CC[C@H]2[C@@H]3[C@H](O)C[C@@H]4C[C@H](O)CC[C@]4(C)[C@H]3C[C@H](O)[C@@]12C. The Labute approximate surface area is 140 Å². The molecule has 4 rings (SSSR count). The van der Waals surface area contributed by atoms with E-state index >= 15 is 0 Å². The monoisotopic (exact) mass is 322 g/mol. The van der Waals surface area contributed by atoms with Gasteiger partial charge in [0.05, 0.1) is 18.3 Å². The molecule has 4 fully saturated rings. The Morgan fingerprint density at radius 1 is 0.870 bits per heavy atom. The summed E-state index contributed by atoms with van der Waals surface area (Å²) in [6, 6.07) is 0. The number of aliphatic hydroxyl groups is 3. The molecule has 3 nitrogen and oxygen atoms in total. The van der Waals surface area contributed by atoms with E-state index in [4.69, 9.17) is 0 Å². The van der Waals surface area contributed by atoms with Crippen LogP contribution in [0.25, 0.3) is 0 Å². The summed E-state index contributed by atoms with van der Waals surface area (Å²) >= 11 is 0. The fourth-order valence-corrected chi connectivity index (χ4v) is 7.48. The van der Waals surface area contributed by atoms with Gasteiger partial charge in [-0.1, -0.05) is 20.8 Å². The maximum absolute atomic E-state index is 11.1. The Bertz CT molecular complexity index is 480. The van der Waals surface area contributed by atoms with Gasteiger partial charge in [-0.25, -0.2) is 0 Å². The Morgan fingerprint density at radius 3 is 2.35 bits per heavy atom. The highest BCUT2D eigenvalue weighted by molar-refractivity contribution is 5.13. The summed E-state index contributed by atoms with van der Waals surface area (Å²) in [5.41, 5.74) is 0.177. The molecule has 0 unspecified atom stereocenters. The molecule has 0 aliphatic heterocycles. The first-order valence-electron chi connectivity index (χ1n) is 9.82. The zero-order valence-electron chi connectivity index (χ0n) is 14.9. The molecule has 132 valence electrons. The highest BCUT2D eigenvalue weighted by atomic mass is 16.3. The van der Waals surface area contributed by atoms with Crippen LogP contribution in [0, 0.1) is 40.4 Å². The van der Waals surface area contributed by atoms with Crippen molar-refractivity contribution >= 4 is 0 Å². The number of hydrogen-bond donors (Lipinski definition) is 3. The van der Waals surface area contributed by atoms with Gasteiger partial charge in [-0.15, -0.1) is 0 Å². The largest absolute Gasteiger partial charge is 0.393 e. The van der Waals surface area contributed by atoms with Crippen molar-refractivity contribution in [1.82, 2.24) is 0 Å². The van der Waals surface area contributed by atoms with Crippen LogP contribution in [-0.4, -0.2) is 33.6 Å². The van der Waals surface area contributed by atoms with E-state index in [1.165, 1.54) is 6.42 Å². The van der Waals surface area contributed by atoms with Crippen LogP contribution < -0.4 is 0 Å². The summed E-state index contributed by atoms with van der Waals surface area (Å²) in [7, 11) is 0. The van der Waals surface area contributed by atoms with Gasteiger partial charge in [0.1, 0.15) is 0 Å². The van der Waals surface area contributed by atoms with E-state index in [9.17, 15) is 15.3 Å². The lowest BCUT2D eigenvalue weighted by Crippen LogP contribution is -2.61. The lowest BCUT2D eigenvalue weighted by atomic mass is 9.43. The zero-order valence-corrected chi connectivity index (χ0v) is 14.9. The lowest BCUT2D eigenvalue weighted by Gasteiger charge is -2.63. The Hall–Kier alpha value is -0.120. The molecule has 10 atom stereocenters. The van der Waals surface area contributed by atoms with Crippen molar-refractivity contribution in [3.63, 3.8) is 0 Å². The number of fused-ring (bicyclic) bond motifs is 5. The maximum Gasteiger partial charge on any atom is 0.0602 e. The van der Waals surface area contributed by atoms with Crippen molar-refractivity contribution in [2.75, 3.05) is 0 Å². The van der Waals surface area contributed by atoms with E-state index in [0.717, 1.165) is 38.5 Å². The molecule has 4 aliphatic carbocycles. The van der Waals surface area contributed by atoms with Crippen LogP contribution >= 0.6 is 0 Å². The second-order valence-electron chi connectivity index (χ2n) is 9.82. The third kappa shape index (κ3) is 2.05. The molecule has 4 saturated carbocycles. The second-order valence-corrected chi connectivity index (χ2v) is 9.82. The topological polar surface area (TPSA) is 60.7 Å². The Balaban J connectivity index is 1.71. The van der Waals surface area contributed by atoms with Gasteiger partial charge < -0.3 is 15.3 Å². The molecule has 0 aromatic carbocycles. The molecule has 3 N–H and O–H groups in total. The van der Waals surface area contributed by atoms with Crippen LogP contribution in [0.2, 0.25) is 0 Å². The van der Waals surface area contributed by atoms with Crippen LogP contribution in [0.5, 0.6) is 0 Å². The van der Waals surface area contributed by atoms with E-state index in [2.05, 4.69) is 20.8 Å². The molecule has 0 bridgehead atoms. The molecule has 4 aliphatic rings. The molecule has 0 amide bonds. The molecule has 3 heteroatoms. The van der Waals surface area contributed by atoms with Crippen molar-refractivity contribution < 1.29 is 15.3 Å². The number of hydrogen-bond acceptors (Lipinski definition) is 3. The molecular weight excluding hydrogens is 288 g/mol. The minimum Gasteiger partial charge on any atom is -0.393 e. The van der Waals surface area contributed by atoms with Crippen LogP contribution in [0.1, 0.15) is 65.7 Å². The van der Waals surface area contributed by atoms with Crippen molar-refractivity contribution in [2.45, 2.75) is 84.0 Å². The first kappa shape index (κ1) is 16.4. The first-order valence-corrected chi connectivity index (χ1v) is 9.82. The molecule has 0 heterocycles. The van der Waals surface area contributed by atoms with E-state index in [0.29, 0.717) is 29.6 Å². The van der Waals surface area contributed by atoms with Crippen molar-refractivity contribution in [3.8, 4) is 0 Å². The minimum absolute atomic E-state index is 0.0144. The predicted molar refractivity (Wildman–Crippen MR) is 89.7 cm³/mol. The van der Waals surface area contributed by atoms with Crippen molar-refractivity contribution in [1.29, 1.82) is 0 Å². The van der Waals surface area contributed by atoms with Crippen LogP contribution in [-0.2, 0) is 0 Å². The van der Waals surface area contributed by atoms with Gasteiger partial charge in [0.15, 0.2) is 0 Å². The van der Waals surface area contributed by atoms with Gasteiger partial charge in [0, 0.05) is 0 Å². The third-order valence-electron chi connectivity index (χ3n) is 9.22. The minimum atomic E-state index is -0.245. The van der Waals surface area contributed by atoms with Gasteiger partial charge in [-0.3, -0.25) is 0 Å². The summed E-state index contributed by atoms with van der Waals surface area (Å²) in [5, 5.41) is 32.2. The van der Waals surface area contributed by atoms with Crippen LogP contribution in [0.4, 0.5) is 0 Å². The Morgan fingerprint density at radius 2 is 1.61 bits per heavy atom. The van der Waals surface area contributed by atoms with E-state index in [-0.39, 0.29) is 29.1 Å². The number of rotatable bonds is 0. The summed E-state index contributed by atoms with van der Waals surface area (Å²) in [5.74, 6) is 2.20. The van der Waals surface area contributed by atoms with Gasteiger partial charge in [-0.2, -0.15) is 0 Å². The normalized spacial score (nSPS) is 62.3. The van der Waals surface area contributed by atoms with Crippen molar-refractivity contribution in [2.24, 2.45) is 40.4 Å². The molecule has 0 aromatic heterocycles. The highest BCUT2D eigenvalue weighted by Crippen LogP contribution is 2.67. The van der Waals surface area contributed by atoms with Crippen LogP contribution in [0.15, 0.2) is 0 Å². The predicted octanol–water partition coefficient (Wildman–Crippen LogP) is 2.97. The van der Waals surface area contributed by atoms with Gasteiger partial charge >= 0.3 is 0 Å². The molecule has 0 saturated heterocycles. The molecule has 23 heavy (non-hydrogen) atoms. The molecule has 0 radical (unpaired) electrons. The molecule has 0 aromatic rings. The van der Waals surface area contributed by atoms with Gasteiger partial charge in [-0.05, 0) is 85.4 Å². The summed E-state index contributed by atoms with van der Waals surface area (Å²) in [4.78, 5) is 0. The fraction of sp³-hybridized carbons (Fsp3) is 1.00. The summed E-state index contributed by atoms with van der Waals surface area (Å²) in [6.07, 6.45) is 6.16. The van der Waals surface area contributed by atoms with Crippen LogP contribution in [0.3, 0.4) is 0 Å². The van der Waals surface area contributed by atoms with E-state index < -0.39 is 0 Å². The first-order chi connectivity index (χ1) is 10.8. The summed E-state index contributed by atoms with van der Waals surface area (Å²) < 4.78 is 0. The standard InChI is InChI=1S/C20H34O3/c1-11-4-5-14-18-15(10-17(23)20(11,14)3)19(2)7-6-13(21)8-12(19)9-16(18)22/h11-18,21-23H,4-10H2,1-3H3/t11-,12-,13+,14-,15-,16+,17-,18-,19-,20-/m0/s1. The summed E-state index contributed by atoms with van der Waals surface area (Å²) in [6.45, 7) is 6.96. The highest BCUT2D eigenvalue weighted by Gasteiger charge is 2.64. The maximum atomic E-state index is 11.1. The van der Waals surface area contributed by atoms with E-state index in [1.54, 1.807) is 0 Å². The average Bonchev–Trinajstić information content (AvgIpc) is 2.80. The quantitative estimate of drug-likeness (QED) is 0.642. The molecular formula is C20H34O3. The Kier molecular flexibility index (Phi) is 3.69. The lowest BCUT2D eigenvalue weighted by molar-refractivity contribution is -0.203. The fourth-order valence-electron chi connectivity index (χ4n) is 7.48. The van der Waals surface area contributed by atoms with Crippen molar-refractivity contribution in [3.05, 3.63) is 0 Å². The van der Waals surface area contributed by atoms with Gasteiger partial charge in [0.2, 0.25) is 0 Å². The smallest absolute Gasteiger partial charge is 0.0602 e. The second kappa shape index (κ2) is 5.19. The van der Waals surface area contributed by atoms with E-state index in [1.807, 2.05) is 0 Å². The average molecular weight is 322 g/mol. The molecule has 0 spiro atoms. The third-order valence-corrected chi connectivity index (χ3v) is 9.22.